The minimum Gasteiger partial charge on any atom is -0.493 e. The number of benzene rings is 3. The number of thioether (sulfide) groups is 1. The van der Waals surface area contributed by atoms with Crippen LogP contribution in [-0.4, -0.2) is 31.7 Å². The molecule has 0 aliphatic rings. The van der Waals surface area contributed by atoms with Crippen LogP contribution in [0.3, 0.4) is 0 Å². The normalized spacial score (nSPS) is 10.4. The molecule has 0 saturated heterocycles. The van der Waals surface area contributed by atoms with Crippen LogP contribution in [0.5, 0.6) is 11.5 Å². The Kier molecular flexibility index (Phi) is 7.08. The highest BCUT2D eigenvalue weighted by Crippen LogP contribution is 2.28. The zero-order valence-electron chi connectivity index (χ0n) is 16.5. The first-order chi connectivity index (χ1) is 14.5. The Bertz CT molecular complexity index is 1040. The molecule has 7 heteroatoms. The number of nitrogens with one attached hydrogen (secondary N) is 1. The van der Waals surface area contributed by atoms with Crippen molar-refractivity contribution in [2.45, 2.75) is 4.90 Å². The van der Waals surface area contributed by atoms with Crippen LogP contribution < -0.4 is 14.8 Å². The van der Waals surface area contributed by atoms with Gasteiger partial charge in [-0.15, -0.1) is 11.8 Å². The molecule has 0 aromatic heterocycles. The van der Waals surface area contributed by atoms with Crippen molar-refractivity contribution in [3.8, 4) is 11.5 Å². The summed E-state index contributed by atoms with van der Waals surface area (Å²) in [6.07, 6.45) is 0. The van der Waals surface area contributed by atoms with Crippen LogP contribution in [0, 0.1) is 5.82 Å². The fourth-order valence-electron chi connectivity index (χ4n) is 2.68. The number of carbonyl (C=O) groups excluding carboxylic acids is 2. The van der Waals surface area contributed by atoms with Crippen molar-refractivity contribution in [2.75, 3.05) is 25.3 Å². The summed E-state index contributed by atoms with van der Waals surface area (Å²) in [4.78, 5) is 25.5. The molecule has 3 aromatic rings. The molecular formula is C23H20FNO4S. The van der Waals surface area contributed by atoms with Gasteiger partial charge in [-0.1, -0.05) is 0 Å². The number of hydrogen-bond acceptors (Lipinski definition) is 5. The average molecular weight is 425 g/mol. The lowest BCUT2D eigenvalue weighted by Crippen LogP contribution is -2.12. The summed E-state index contributed by atoms with van der Waals surface area (Å²) in [5.74, 6) is 0.537. The van der Waals surface area contributed by atoms with Gasteiger partial charge in [-0.3, -0.25) is 9.59 Å². The first kappa shape index (κ1) is 21.4. The second kappa shape index (κ2) is 9.93. The number of Topliss-reactive ketones (excluding diaryl/α,β-unsaturated/α-hetero) is 1. The van der Waals surface area contributed by atoms with E-state index in [9.17, 15) is 14.0 Å². The second-order valence-corrected chi connectivity index (χ2v) is 7.32. The summed E-state index contributed by atoms with van der Waals surface area (Å²) in [6, 6.07) is 17.6. The first-order valence-corrected chi connectivity index (χ1v) is 10.0. The fourth-order valence-corrected chi connectivity index (χ4v) is 3.48. The third kappa shape index (κ3) is 5.39. The van der Waals surface area contributed by atoms with Crippen molar-refractivity contribution in [1.29, 1.82) is 0 Å². The molecule has 0 heterocycles. The molecular weight excluding hydrogens is 405 g/mol. The Morgan fingerprint density at radius 3 is 2.13 bits per heavy atom. The summed E-state index contributed by atoms with van der Waals surface area (Å²) in [6.45, 7) is 0. The molecule has 3 rings (SSSR count). The number of methoxy groups -OCH3 is 2. The molecule has 154 valence electrons. The molecule has 0 aliphatic carbocycles. The van der Waals surface area contributed by atoms with Gasteiger partial charge in [0.25, 0.3) is 5.91 Å². The molecule has 0 radical (unpaired) electrons. The van der Waals surface area contributed by atoms with E-state index in [-0.39, 0.29) is 23.3 Å². The van der Waals surface area contributed by atoms with Crippen LogP contribution in [0.15, 0.2) is 71.6 Å². The number of carbonyl (C=O) groups is 2. The zero-order valence-corrected chi connectivity index (χ0v) is 17.3. The average Bonchev–Trinajstić information content (AvgIpc) is 2.78. The molecule has 5 nitrogen and oxygen atoms in total. The molecule has 0 bridgehead atoms. The largest absolute Gasteiger partial charge is 0.493 e. The van der Waals surface area contributed by atoms with E-state index in [1.165, 1.54) is 50.2 Å². The third-order valence-corrected chi connectivity index (χ3v) is 5.31. The van der Waals surface area contributed by atoms with E-state index < -0.39 is 0 Å². The first-order valence-electron chi connectivity index (χ1n) is 9.05. The van der Waals surface area contributed by atoms with Gasteiger partial charge in [-0.05, 0) is 66.7 Å². The summed E-state index contributed by atoms with van der Waals surface area (Å²) in [7, 11) is 3.04. The number of rotatable bonds is 8. The number of amides is 1. The Morgan fingerprint density at radius 1 is 0.867 bits per heavy atom. The number of halogens is 1. The second-order valence-electron chi connectivity index (χ2n) is 6.27. The molecule has 0 unspecified atom stereocenters. The summed E-state index contributed by atoms with van der Waals surface area (Å²) in [5.41, 5.74) is 1.54. The Balaban J connectivity index is 1.58. The molecule has 1 N–H and O–H groups in total. The van der Waals surface area contributed by atoms with Gasteiger partial charge >= 0.3 is 0 Å². The number of ether oxygens (including phenoxy) is 2. The highest BCUT2D eigenvalue weighted by atomic mass is 32.2. The Morgan fingerprint density at radius 2 is 1.50 bits per heavy atom. The predicted octanol–water partition coefficient (Wildman–Crippen LogP) is 5.07. The maximum atomic E-state index is 13.0. The summed E-state index contributed by atoms with van der Waals surface area (Å²) < 4.78 is 23.4. The van der Waals surface area contributed by atoms with E-state index in [4.69, 9.17) is 9.47 Å². The van der Waals surface area contributed by atoms with Crippen molar-refractivity contribution in [3.05, 3.63) is 83.7 Å². The van der Waals surface area contributed by atoms with Gasteiger partial charge in [-0.2, -0.15) is 0 Å². The molecule has 1 amide bonds. The van der Waals surface area contributed by atoms with Gasteiger partial charge in [0.05, 0.1) is 20.0 Å². The van der Waals surface area contributed by atoms with E-state index in [1.807, 2.05) is 12.1 Å². The molecule has 30 heavy (non-hydrogen) atoms. The van der Waals surface area contributed by atoms with Crippen LogP contribution in [-0.2, 0) is 0 Å². The third-order valence-electron chi connectivity index (χ3n) is 4.29. The smallest absolute Gasteiger partial charge is 0.255 e. The lowest BCUT2D eigenvalue weighted by atomic mass is 10.1. The van der Waals surface area contributed by atoms with Crippen molar-refractivity contribution >= 4 is 29.1 Å². The lowest BCUT2D eigenvalue weighted by molar-refractivity contribution is 0.101. The SMILES string of the molecule is COc1ccc(C(=O)Nc2ccc(SCC(=O)c3ccc(F)cc3)cc2)cc1OC. The molecule has 0 saturated carbocycles. The van der Waals surface area contributed by atoms with Gasteiger partial charge < -0.3 is 14.8 Å². The minimum absolute atomic E-state index is 0.0779. The monoisotopic (exact) mass is 425 g/mol. The van der Waals surface area contributed by atoms with Crippen LogP contribution in [0.25, 0.3) is 0 Å². The van der Waals surface area contributed by atoms with Crippen molar-refractivity contribution in [3.63, 3.8) is 0 Å². The molecule has 0 atom stereocenters. The van der Waals surface area contributed by atoms with Gasteiger partial charge in [0, 0.05) is 21.7 Å². The zero-order chi connectivity index (χ0) is 21.5. The van der Waals surface area contributed by atoms with Crippen molar-refractivity contribution in [2.24, 2.45) is 0 Å². The standard InChI is InChI=1S/C23H20FNO4S/c1-28-21-12-5-16(13-22(21)29-2)23(27)25-18-8-10-19(11-9-18)30-14-20(26)15-3-6-17(24)7-4-15/h3-13H,14H2,1-2H3,(H,25,27). The van der Waals surface area contributed by atoms with Gasteiger partial charge in [0.1, 0.15) is 5.82 Å². The number of ketones is 1. The van der Waals surface area contributed by atoms with Crippen LogP contribution in [0.4, 0.5) is 10.1 Å². The lowest BCUT2D eigenvalue weighted by Gasteiger charge is -2.10. The molecule has 0 fully saturated rings. The molecule has 0 spiro atoms. The van der Waals surface area contributed by atoms with E-state index in [1.54, 1.807) is 30.3 Å². The highest BCUT2D eigenvalue weighted by molar-refractivity contribution is 8.00. The molecule has 3 aromatic carbocycles. The maximum Gasteiger partial charge on any atom is 0.255 e. The number of hydrogen-bond donors (Lipinski definition) is 1. The van der Waals surface area contributed by atoms with E-state index in [2.05, 4.69) is 5.32 Å². The number of anilines is 1. The highest BCUT2D eigenvalue weighted by Gasteiger charge is 2.11. The molecule has 0 aliphatic heterocycles. The van der Waals surface area contributed by atoms with Crippen molar-refractivity contribution in [1.82, 2.24) is 0 Å². The van der Waals surface area contributed by atoms with Gasteiger partial charge in [-0.25, -0.2) is 4.39 Å². The Hall–Kier alpha value is -3.32. The topological polar surface area (TPSA) is 64.6 Å². The fraction of sp³-hybridized carbons (Fsp3) is 0.130. The van der Waals surface area contributed by atoms with Crippen LogP contribution in [0.2, 0.25) is 0 Å². The minimum atomic E-state index is -0.370. The van der Waals surface area contributed by atoms with Gasteiger partial charge in [0.15, 0.2) is 17.3 Å². The van der Waals surface area contributed by atoms with E-state index in [0.717, 1.165) is 4.90 Å². The Labute approximate surface area is 178 Å². The summed E-state index contributed by atoms with van der Waals surface area (Å²) >= 11 is 1.37. The van der Waals surface area contributed by atoms with Crippen LogP contribution >= 0.6 is 11.8 Å². The van der Waals surface area contributed by atoms with E-state index >= 15 is 0 Å². The van der Waals surface area contributed by atoms with E-state index in [0.29, 0.717) is 28.3 Å². The summed E-state index contributed by atoms with van der Waals surface area (Å²) in [5, 5.41) is 2.82. The van der Waals surface area contributed by atoms with Gasteiger partial charge in [0.2, 0.25) is 0 Å². The maximum absolute atomic E-state index is 13.0. The predicted molar refractivity (Wildman–Crippen MR) is 115 cm³/mol. The van der Waals surface area contributed by atoms with Crippen molar-refractivity contribution < 1.29 is 23.5 Å². The quantitative estimate of drug-likeness (QED) is 0.403. The van der Waals surface area contributed by atoms with Crippen LogP contribution in [0.1, 0.15) is 20.7 Å².